The molecule has 0 saturated heterocycles. The monoisotopic (exact) mass is 460 g/mol. The molecular weight excluding hydrogens is 443 g/mol. The molecule has 1 atom stereocenters. The minimum absolute atomic E-state index is 0.0894. The van der Waals surface area contributed by atoms with Crippen LogP contribution < -0.4 is 5.32 Å². The van der Waals surface area contributed by atoms with E-state index in [1.807, 2.05) is 30.3 Å². The number of carbonyl (C=O) groups is 2. The van der Waals surface area contributed by atoms with Crippen molar-refractivity contribution in [2.45, 2.75) is 17.9 Å². The number of carbonyl (C=O) groups excluding carboxylic acids is 2. The first-order chi connectivity index (χ1) is 14.7. The van der Waals surface area contributed by atoms with Gasteiger partial charge in [-0.25, -0.2) is 17.8 Å². The summed E-state index contributed by atoms with van der Waals surface area (Å²) in [6.45, 7) is 0. The van der Waals surface area contributed by atoms with Crippen molar-refractivity contribution in [3.05, 3.63) is 89.9 Å². The van der Waals surface area contributed by atoms with Crippen LogP contribution in [0.15, 0.2) is 78.0 Å². The smallest absolute Gasteiger partial charge is 0.278 e. The lowest BCUT2D eigenvalue weighted by molar-refractivity contribution is -0.119. The summed E-state index contributed by atoms with van der Waals surface area (Å²) in [7, 11) is 1.27. The van der Waals surface area contributed by atoms with Crippen LogP contribution in [0.2, 0.25) is 0 Å². The van der Waals surface area contributed by atoms with E-state index in [0.29, 0.717) is 12.0 Å². The molecule has 160 valence electrons. The van der Waals surface area contributed by atoms with E-state index in [1.54, 1.807) is 0 Å². The summed E-state index contributed by atoms with van der Waals surface area (Å²) >= 11 is 0. The van der Waals surface area contributed by atoms with E-state index in [1.165, 1.54) is 42.6 Å². The Morgan fingerprint density at radius 2 is 1.68 bits per heavy atom. The van der Waals surface area contributed by atoms with Gasteiger partial charge in [0.15, 0.2) is 10.8 Å². The number of hydrogen-bond acceptors (Lipinski definition) is 5. The topological polar surface area (TPSA) is 93.2 Å². The standard InChI is InChI=1S/C22H18ClFN2O4S/c23-31(29,30)21-11-10-19(14-25-21)26-22(28)17(12-15-4-2-1-3-5-15)13-20(27)16-6-8-18(24)9-7-16/h1-11,14,17H,12-13H2,(H,26,28)/t17-/m1/s1. The molecule has 0 spiro atoms. The molecular formula is C22H18ClFN2O4S. The molecule has 0 bridgehead atoms. The third kappa shape index (κ3) is 6.44. The Kier molecular flexibility index (Phi) is 7.14. The van der Waals surface area contributed by atoms with Gasteiger partial charge in [0.05, 0.1) is 11.9 Å². The van der Waals surface area contributed by atoms with E-state index >= 15 is 0 Å². The Hall–Kier alpha value is -3.10. The van der Waals surface area contributed by atoms with Gasteiger partial charge < -0.3 is 5.32 Å². The number of nitrogens with one attached hydrogen (secondary N) is 1. The Bertz CT molecular complexity index is 1170. The number of ketones is 1. The minimum atomic E-state index is -3.98. The van der Waals surface area contributed by atoms with Gasteiger partial charge in [-0.2, -0.15) is 0 Å². The molecule has 0 aliphatic rings. The summed E-state index contributed by atoms with van der Waals surface area (Å²) in [6, 6.07) is 16.9. The van der Waals surface area contributed by atoms with Crippen LogP contribution in [0.3, 0.4) is 0 Å². The number of rotatable bonds is 8. The van der Waals surface area contributed by atoms with Crippen LogP contribution in [0.1, 0.15) is 22.3 Å². The lowest BCUT2D eigenvalue weighted by atomic mass is 9.91. The highest BCUT2D eigenvalue weighted by atomic mass is 35.7. The summed E-state index contributed by atoms with van der Waals surface area (Å²) in [5, 5.41) is 2.32. The van der Waals surface area contributed by atoms with Gasteiger partial charge in [0.1, 0.15) is 5.82 Å². The molecule has 1 amide bonds. The van der Waals surface area contributed by atoms with Gasteiger partial charge in [-0.3, -0.25) is 9.59 Å². The van der Waals surface area contributed by atoms with Crippen molar-refractivity contribution < 1.29 is 22.4 Å². The molecule has 1 aromatic heterocycles. The Morgan fingerprint density at radius 1 is 1.00 bits per heavy atom. The molecule has 9 heteroatoms. The third-order valence-corrected chi connectivity index (χ3v) is 5.76. The minimum Gasteiger partial charge on any atom is -0.324 e. The van der Waals surface area contributed by atoms with Crippen LogP contribution in [-0.2, 0) is 20.3 Å². The first-order valence-electron chi connectivity index (χ1n) is 9.26. The van der Waals surface area contributed by atoms with Gasteiger partial charge in [-0.1, -0.05) is 30.3 Å². The number of halogens is 2. The molecule has 1 heterocycles. The van der Waals surface area contributed by atoms with Crippen molar-refractivity contribution in [2.24, 2.45) is 5.92 Å². The van der Waals surface area contributed by atoms with Crippen molar-refractivity contribution in [1.82, 2.24) is 4.98 Å². The van der Waals surface area contributed by atoms with Crippen LogP contribution in [0.4, 0.5) is 10.1 Å². The molecule has 31 heavy (non-hydrogen) atoms. The first-order valence-corrected chi connectivity index (χ1v) is 11.6. The predicted molar refractivity (Wildman–Crippen MR) is 115 cm³/mol. The second-order valence-electron chi connectivity index (χ2n) is 6.83. The van der Waals surface area contributed by atoms with Crippen molar-refractivity contribution >= 4 is 37.1 Å². The van der Waals surface area contributed by atoms with Crippen LogP contribution in [0.5, 0.6) is 0 Å². The van der Waals surface area contributed by atoms with E-state index in [4.69, 9.17) is 10.7 Å². The highest BCUT2D eigenvalue weighted by molar-refractivity contribution is 8.13. The summed E-state index contributed by atoms with van der Waals surface area (Å²) in [5.74, 6) is -1.89. The fraction of sp³-hybridized carbons (Fsp3) is 0.136. The van der Waals surface area contributed by atoms with Gasteiger partial charge in [-0.05, 0) is 48.4 Å². The molecule has 3 rings (SSSR count). The fourth-order valence-electron chi connectivity index (χ4n) is 2.98. The molecule has 1 N–H and O–H groups in total. The second kappa shape index (κ2) is 9.80. The molecule has 3 aromatic rings. The number of benzene rings is 2. The van der Waals surface area contributed by atoms with Crippen LogP contribution in [0, 0.1) is 11.7 Å². The number of hydrogen-bond donors (Lipinski definition) is 1. The number of Topliss-reactive ketones (excluding diaryl/α,β-unsaturated/α-hetero) is 1. The zero-order valence-electron chi connectivity index (χ0n) is 16.2. The van der Waals surface area contributed by atoms with Crippen molar-refractivity contribution in [2.75, 3.05) is 5.32 Å². The largest absolute Gasteiger partial charge is 0.324 e. The zero-order chi connectivity index (χ0) is 22.4. The fourth-order valence-corrected chi connectivity index (χ4v) is 3.66. The first kappa shape index (κ1) is 22.6. The van der Waals surface area contributed by atoms with Crippen molar-refractivity contribution in [3.8, 4) is 0 Å². The number of pyridine rings is 1. The highest BCUT2D eigenvalue weighted by Gasteiger charge is 2.24. The van der Waals surface area contributed by atoms with E-state index in [-0.39, 0.29) is 22.9 Å². The maximum Gasteiger partial charge on any atom is 0.278 e. The molecule has 0 fully saturated rings. The Balaban J connectivity index is 1.78. The van der Waals surface area contributed by atoms with E-state index < -0.39 is 26.7 Å². The number of aromatic nitrogens is 1. The van der Waals surface area contributed by atoms with Crippen LogP contribution in [0.25, 0.3) is 0 Å². The highest BCUT2D eigenvalue weighted by Crippen LogP contribution is 2.20. The molecule has 0 aliphatic carbocycles. The molecule has 6 nitrogen and oxygen atoms in total. The normalized spacial score (nSPS) is 12.2. The Labute approximate surface area is 183 Å². The average Bonchev–Trinajstić information content (AvgIpc) is 2.74. The van der Waals surface area contributed by atoms with Gasteiger partial charge in [0, 0.05) is 28.6 Å². The summed E-state index contributed by atoms with van der Waals surface area (Å²) in [6.07, 6.45) is 1.39. The molecule has 0 radical (unpaired) electrons. The van der Waals surface area contributed by atoms with Crippen molar-refractivity contribution in [3.63, 3.8) is 0 Å². The Morgan fingerprint density at radius 3 is 2.26 bits per heavy atom. The number of anilines is 1. The van der Waals surface area contributed by atoms with Gasteiger partial charge >= 0.3 is 0 Å². The van der Waals surface area contributed by atoms with Crippen LogP contribution in [-0.4, -0.2) is 25.1 Å². The van der Waals surface area contributed by atoms with Gasteiger partial charge in [-0.15, -0.1) is 0 Å². The third-order valence-electron chi connectivity index (χ3n) is 4.55. The summed E-state index contributed by atoms with van der Waals surface area (Å²) in [4.78, 5) is 29.3. The lowest BCUT2D eigenvalue weighted by Crippen LogP contribution is -2.27. The van der Waals surface area contributed by atoms with E-state index in [0.717, 1.165) is 5.56 Å². The van der Waals surface area contributed by atoms with E-state index in [9.17, 15) is 22.4 Å². The summed E-state index contributed by atoms with van der Waals surface area (Å²) in [5.41, 5.74) is 1.45. The maximum atomic E-state index is 13.1. The quantitative estimate of drug-likeness (QED) is 0.401. The molecule has 0 aliphatic heterocycles. The average molecular weight is 461 g/mol. The van der Waals surface area contributed by atoms with Crippen molar-refractivity contribution in [1.29, 1.82) is 0 Å². The predicted octanol–water partition coefficient (Wildman–Crippen LogP) is 4.22. The summed E-state index contributed by atoms with van der Waals surface area (Å²) < 4.78 is 35.8. The zero-order valence-corrected chi connectivity index (χ0v) is 17.7. The van der Waals surface area contributed by atoms with Gasteiger partial charge in [0.2, 0.25) is 5.91 Å². The molecule has 0 unspecified atom stereocenters. The number of amides is 1. The van der Waals surface area contributed by atoms with E-state index in [2.05, 4.69) is 10.3 Å². The molecule has 0 saturated carbocycles. The second-order valence-corrected chi connectivity index (χ2v) is 9.35. The van der Waals surface area contributed by atoms with Gasteiger partial charge in [0.25, 0.3) is 9.05 Å². The lowest BCUT2D eigenvalue weighted by Gasteiger charge is -2.17. The van der Waals surface area contributed by atoms with Crippen LogP contribution >= 0.6 is 10.7 Å². The molecule has 2 aromatic carbocycles. The SMILES string of the molecule is O=C(C[C@@H](Cc1ccccc1)C(=O)Nc1ccc(S(=O)(=O)Cl)nc1)c1ccc(F)cc1. The number of nitrogens with zero attached hydrogens (tertiary/aromatic N) is 1. The maximum absolute atomic E-state index is 13.1.